The van der Waals surface area contributed by atoms with Crippen LogP contribution < -0.4 is 14.8 Å². The largest absolute Gasteiger partial charge is 0.490 e. The second-order valence-corrected chi connectivity index (χ2v) is 11.8. The van der Waals surface area contributed by atoms with E-state index < -0.39 is 0 Å². The highest BCUT2D eigenvalue weighted by atomic mass is 32.2. The van der Waals surface area contributed by atoms with E-state index in [1.54, 1.807) is 11.8 Å². The first-order chi connectivity index (χ1) is 18.3. The van der Waals surface area contributed by atoms with Crippen LogP contribution in [0.25, 0.3) is 0 Å². The molecule has 1 N–H and O–H groups in total. The molecule has 0 amide bonds. The molecule has 1 aliphatic heterocycles. The number of carbonyl (C=O) groups excluding carboxylic acids is 1. The lowest BCUT2D eigenvalue weighted by molar-refractivity contribution is -0.118. The zero-order chi connectivity index (χ0) is 26.9. The predicted octanol–water partition coefficient (Wildman–Crippen LogP) is 6.72. The molecule has 1 unspecified atom stereocenters. The quantitative estimate of drug-likeness (QED) is 0.306. The third-order valence-corrected chi connectivity index (χ3v) is 8.02. The second kappa shape index (κ2) is 10.8. The number of nitrogens with zero attached hydrogens (tertiary/aromatic N) is 3. The van der Waals surface area contributed by atoms with Crippen LogP contribution in [-0.4, -0.2) is 32.9 Å². The molecule has 1 aromatic heterocycles. The van der Waals surface area contributed by atoms with Crippen molar-refractivity contribution in [3.63, 3.8) is 0 Å². The molecular formula is C30H36N4O3S. The highest BCUT2D eigenvalue weighted by Gasteiger charge is 2.42. The third kappa shape index (κ3) is 5.32. The lowest BCUT2D eigenvalue weighted by Gasteiger charge is -2.38. The zero-order valence-corrected chi connectivity index (χ0v) is 23.7. The number of ketones is 1. The fraction of sp³-hybridized carbons (Fsp3) is 0.433. The number of aryl methyl sites for hydroxylation is 1. The first kappa shape index (κ1) is 26.4. The Morgan fingerprint density at radius 3 is 2.68 bits per heavy atom. The highest BCUT2D eigenvalue weighted by molar-refractivity contribution is 7.99. The number of thioether (sulfide) groups is 1. The fourth-order valence-corrected chi connectivity index (χ4v) is 5.85. The number of carbonyl (C=O) groups is 1. The lowest BCUT2D eigenvalue weighted by atomic mass is 9.73. The molecule has 1 atom stereocenters. The van der Waals surface area contributed by atoms with Crippen molar-refractivity contribution in [3.8, 4) is 11.5 Å². The summed E-state index contributed by atoms with van der Waals surface area (Å²) in [6.45, 7) is 11.4. The van der Waals surface area contributed by atoms with Crippen LogP contribution in [0.3, 0.4) is 0 Å². The maximum atomic E-state index is 13.6. The number of hydrogen-bond acceptors (Lipinski definition) is 7. The van der Waals surface area contributed by atoms with E-state index in [-0.39, 0.29) is 17.2 Å². The topological polar surface area (TPSA) is 78.3 Å². The molecule has 8 heteroatoms. The van der Waals surface area contributed by atoms with Gasteiger partial charge in [-0.05, 0) is 60.9 Å². The first-order valence-corrected chi connectivity index (χ1v) is 14.3. The van der Waals surface area contributed by atoms with E-state index in [9.17, 15) is 4.79 Å². The van der Waals surface area contributed by atoms with Gasteiger partial charge in [-0.2, -0.15) is 4.98 Å². The Labute approximate surface area is 229 Å². The summed E-state index contributed by atoms with van der Waals surface area (Å²) in [5, 5.41) is 9.01. The Balaban J connectivity index is 1.54. The number of anilines is 1. The highest BCUT2D eigenvalue weighted by Crippen LogP contribution is 2.46. The number of allylic oxidation sites excluding steroid dienone is 2. The van der Waals surface area contributed by atoms with E-state index in [4.69, 9.17) is 19.6 Å². The molecule has 2 heterocycles. The van der Waals surface area contributed by atoms with Crippen molar-refractivity contribution in [2.45, 2.75) is 71.7 Å². The molecule has 1 aliphatic carbocycles. The van der Waals surface area contributed by atoms with Crippen LogP contribution in [0.4, 0.5) is 5.95 Å². The molecule has 2 aliphatic rings. The van der Waals surface area contributed by atoms with Crippen molar-refractivity contribution in [1.82, 2.24) is 14.8 Å². The van der Waals surface area contributed by atoms with Crippen molar-refractivity contribution >= 4 is 23.5 Å². The van der Waals surface area contributed by atoms with Gasteiger partial charge in [0.2, 0.25) is 11.1 Å². The summed E-state index contributed by atoms with van der Waals surface area (Å²) in [5.74, 6) is 3.10. The Morgan fingerprint density at radius 1 is 1.11 bits per heavy atom. The maximum absolute atomic E-state index is 13.6. The molecule has 7 nitrogen and oxygen atoms in total. The van der Waals surface area contributed by atoms with Crippen molar-refractivity contribution < 1.29 is 14.3 Å². The Kier molecular flexibility index (Phi) is 7.52. The van der Waals surface area contributed by atoms with Crippen molar-refractivity contribution in [2.75, 3.05) is 17.7 Å². The van der Waals surface area contributed by atoms with Crippen LogP contribution in [0.5, 0.6) is 11.5 Å². The molecule has 0 bridgehead atoms. The summed E-state index contributed by atoms with van der Waals surface area (Å²) in [6, 6.07) is 13.8. The van der Waals surface area contributed by atoms with Gasteiger partial charge < -0.3 is 14.8 Å². The van der Waals surface area contributed by atoms with Gasteiger partial charge in [0.1, 0.15) is 12.6 Å². The summed E-state index contributed by atoms with van der Waals surface area (Å²) >= 11 is 1.63. The Hall–Kier alpha value is -3.26. The third-order valence-electron chi connectivity index (χ3n) is 6.98. The van der Waals surface area contributed by atoms with E-state index in [1.807, 2.05) is 41.9 Å². The standard InChI is InChI=1S/C30H36N4O3S/c1-6-14-38-29-32-28-31-22-16-30(4,5)17-23(35)26(22)27(34(28)33-29)20-12-13-24(25(15-20)36-7-2)37-18-21-11-9-8-10-19(21)3/h8-13,15,27H,6-7,14,16-18H2,1-5H3,(H,31,32,33). The van der Waals surface area contributed by atoms with Gasteiger partial charge in [0, 0.05) is 23.4 Å². The number of hydrogen-bond donors (Lipinski definition) is 1. The molecule has 0 spiro atoms. The zero-order valence-electron chi connectivity index (χ0n) is 22.8. The lowest BCUT2D eigenvalue weighted by Crippen LogP contribution is -2.36. The van der Waals surface area contributed by atoms with Crippen LogP contribution in [0.2, 0.25) is 0 Å². The minimum Gasteiger partial charge on any atom is -0.490 e. The molecule has 3 aromatic rings. The van der Waals surface area contributed by atoms with E-state index >= 15 is 0 Å². The number of benzene rings is 2. The summed E-state index contributed by atoms with van der Waals surface area (Å²) in [4.78, 5) is 18.3. The average Bonchev–Trinajstić information content (AvgIpc) is 3.28. The van der Waals surface area contributed by atoms with Crippen LogP contribution in [0.1, 0.15) is 69.7 Å². The Morgan fingerprint density at radius 2 is 1.92 bits per heavy atom. The number of aromatic nitrogens is 3. The van der Waals surface area contributed by atoms with Gasteiger partial charge in [0.05, 0.1) is 6.61 Å². The molecule has 0 radical (unpaired) electrons. The number of rotatable bonds is 9. The minimum absolute atomic E-state index is 0.112. The van der Waals surface area contributed by atoms with Gasteiger partial charge >= 0.3 is 0 Å². The number of Topliss-reactive ketones (excluding diaryl/α,β-unsaturated/α-hetero) is 1. The smallest absolute Gasteiger partial charge is 0.227 e. The molecule has 5 rings (SSSR count). The number of nitrogens with one attached hydrogen (secondary N) is 1. The summed E-state index contributed by atoms with van der Waals surface area (Å²) in [5.41, 5.74) is 4.85. The number of fused-ring (bicyclic) bond motifs is 1. The second-order valence-electron chi connectivity index (χ2n) is 10.7. The normalized spacial score (nSPS) is 18.0. The van der Waals surface area contributed by atoms with Crippen LogP contribution in [0, 0.1) is 12.3 Å². The van der Waals surface area contributed by atoms with E-state index in [0.29, 0.717) is 42.2 Å². The van der Waals surface area contributed by atoms with Gasteiger partial charge in [-0.1, -0.05) is 62.9 Å². The summed E-state index contributed by atoms with van der Waals surface area (Å²) < 4.78 is 14.1. The fourth-order valence-electron chi connectivity index (χ4n) is 5.16. The molecular weight excluding hydrogens is 496 g/mol. The first-order valence-electron chi connectivity index (χ1n) is 13.4. The van der Waals surface area contributed by atoms with Gasteiger partial charge in [-0.25, -0.2) is 4.68 Å². The van der Waals surface area contributed by atoms with Gasteiger partial charge in [-0.15, -0.1) is 5.10 Å². The summed E-state index contributed by atoms with van der Waals surface area (Å²) in [7, 11) is 0. The molecule has 0 fully saturated rings. The van der Waals surface area contributed by atoms with Crippen LogP contribution >= 0.6 is 11.8 Å². The average molecular weight is 533 g/mol. The summed E-state index contributed by atoms with van der Waals surface area (Å²) in [6.07, 6.45) is 2.32. The number of ether oxygens (including phenoxy) is 2. The molecule has 2 aromatic carbocycles. The van der Waals surface area contributed by atoms with E-state index in [2.05, 4.69) is 45.1 Å². The monoisotopic (exact) mass is 532 g/mol. The van der Waals surface area contributed by atoms with Crippen LogP contribution in [-0.2, 0) is 11.4 Å². The maximum Gasteiger partial charge on any atom is 0.227 e. The van der Waals surface area contributed by atoms with E-state index in [1.165, 1.54) is 5.56 Å². The van der Waals surface area contributed by atoms with Crippen molar-refractivity contribution in [1.29, 1.82) is 0 Å². The molecule has 0 saturated carbocycles. The van der Waals surface area contributed by atoms with Crippen molar-refractivity contribution in [2.24, 2.45) is 5.41 Å². The Bertz CT molecular complexity index is 1380. The minimum atomic E-state index is -0.377. The predicted molar refractivity (Wildman–Crippen MR) is 151 cm³/mol. The van der Waals surface area contributed by atoms with Gasteiger partial charge in [0.25, 0.3) is 0 Å². The molecule has 38 heavy (non-hydrogen) atoms. The molecule has 0 saturated heterocycles. The SMILES string of the molecule is CCCSc1nc2n(n1)C(c1ccc(OCc3ccccc3C)c(OCC)c1)C1=C(CC(C)(C)CC1=O)N2. The van der Waals surface area contributed by atoms with Crippen molar-refractivity contribution in [3.05, 3.63) is 70.4 Å². The van der Waals surface area contributed by atoms with Crippen LogP contribution in [0.15, 0.2) is 58.9 Å². The molecule has 200 valence electrons. The van der Waals surface area contributed by atoms with Gasteiger partial charge in [-0.3, -0.25) is 4.79 Å². The van der Waals surface area contributed by atoms with E-state index in [0.717, 1.165) is 41.0 Å². The van der Waals surface area contributed by atoms with Gasteiger partial charge in [0.15, 0.2) is 17.3 Å².